The first-order chi connectivity index (χ1) is 13.8. The molecule has 6 nitrogen and oxygen atoms in total. The number of aryl methyl sites for hydroxylation is 1. The summed E-state index contributed by atoms with van der Waals surface area (Å²) in [7, 11) is -3.85. The molecule has 0 aliphatic rings. The number of benzene rings is 2. The summed E-state index contributed by atoms with van der Waals surface area (Å²) < 4.78 is 31.2. The Labute approximate surface area is 170 Å². The Hall–Kier alpha value is -3.19. The molecule has 1 amide bonds. The van der Waals surface area contributed by atoms with E-state index in [4.69, 9.17) is 4.74 Å². The van der Waals surface area contributed by atoms with Crippen molar-refractivity contribution in [3.05, 3.63) is 78.5 Å². The summed E-state index contributed by atoms with van der Waals surface area (Å²) in [4.78, 5) is 17.4. The molecule has 2 aromatic carbocycles. The molecule has 3 rings (SSSR count). The Balaban J connectivity index is 1.94. The summed E-state index contributed by atoms with van der Waals surface area (Å²) >= 11 is 0. The highest BCUT2D eigenvalue weighted by Crippen LogP contribution is 2.26. The van der Waals surface area contributed by atoms with Gasteiger partial charge in [0.15, 0.2) is 0 Å². The van der Waals surface area contributed by atoms with Gasteiger partial charge < -0.3 is 4.74 Å². The van der Waals surface area contributed by atoms with E-state index in [9.17, 15) is 13.2 Å². The van der Waals surface area contributed by atoms with Gasteiger partial charge in [-0.25, -0.2) is 12.7 Å². The van der Waals surface area contributed by atoms with Crippen LogP contribution in [0.25, 0.3) is 10.9 Å². The monoisotopic (exact) mass is 410 g/mol. The van der Waals surface area contributed by atoms with E-state index in [2.05, 4.69) is 11.6 Å². The fourth-order valence-corrected chi connectivity index (χ4v) is 3.77. The Kier molecular flexibility index (Phi) is 5.98. The summed E-state index contributed by atoms with van der Waals surface area (Å²) in [5.41, 5.74) is 2.10. The number of hydrogen-bond donors (Lipinski definition) is 0. The first-order valence-corrected chi connectivity index (χ1v) is 10.9. The Morgan fingerprint density at radius 3 is 2.52 bits per heavy atom. The van der Waals surface area contributed by atoms with Crippen LogP contribution in [0.5, 0.6) is 5.75 Å². The third-order valence-electron chi connectivity index (χ3n) is 4.25. The third-order valence-corrected chi connectivity index (χ3v) is 5.29. The van der Waals surface area contributed by atoms with Gasteiger partial charge in [-0.2, -0.15) is 0 Å². The molecule has 1 aromatic heterocycles. The number of amides is 1. The van der Waals surface area contributed by atoms with E-state index in [-0.39, 0.29) is 11.3 Å². The van der Waals surface area contributed by atoms with Crippen molar-refractivity contribution in [2.75, 3.05) is 17.2 Å². The molecule has 0 aliphatic carbocycles. The predicted octanol–water partition coefficient (Wildman–Crippen LogP) is 4.10. The zero-order valence-corrected chi connectivity index (χ0v) is 17.1. The van der Waals surface area contributed by atoms with Gasteiger partial charge in [0.05, 0.1) is 24.1 Å². The first kappa shape index (κ1) is 20.5. The molecule has 0 saturated carbocycles. The Morgan fingerprint density at radius 1 is 1.14 bits per heavy atom. The van der Waals surface area contributed by atoms with Crippen molar-refractivity contribution in [3.63, 3.8) is 0 Å². The van der Waals surface area contributed by atoms with Crippen LogP contribution >= 0.6 is 0 Å². The van der Waals surface area contributed by atoms with Crippen LogP contribution in [0.4, 0.5) is 5.69 Å². The minimum atomic E-state index is -3.85. The zero-order chi connectivity index (χ0) is 21.0. The van der Waals surface area contributed by atoms with E-state index in [0.717, 1.165) is 27.2 Å². The highest BCUT2D eigenvalue weighted by Gasteiger charge is 2.27. The number of nitrogens with zero attached hydrogens (tertiary/aromatic N) is 2. The van der Waals surface area contributed by atoms with E-state index >= 15 is 0 Å². The normalized spacial score (nSPS) is 11.2. The molecule has 0 fully saturated rings. The topological polar surface area (TPSA) is 76.6 Å². The van der Waals surface area contributed by atoms with Crippen molar-refractivity contribution in [1.29, 1.82) is 0 Å². The fraction of sp³-hybridized carbons (Fsp3) is 0.182. The number of sulfonamides is 1. The molecular formula is C22H22N2O4S. The fourth-order valence-electron chi connectivity index (χ4n) is 2.87. The Bertz CT molecular complexity index is 1160. The lowest BCUT2D eigenvalue weighted by Gasteiger charge is -2.21. The number of anilines is 1. The van der Waals surface area contributed by atoms with Crippen LogP contribution in [0.1, 0.15) is 22.5 Å². The van der Waals surface area contributed by atoms with Crippen molar-refractivity contribution in [2.45, 2.75) is 13.3 Å². The molecule has 29 heavy (non-hydrogen) atoms. The lowest BCUT2D eigenvalue weighted by molar-refractivity contribution is 0.101. The lowest BCUT2D eigenvalue weighted by atomic mass is 10.1. The van der Waals surface area contributed by atoms with Crippen LogP contribution in [0.15, 0.2) is 67.3 Å². The van der Waals surface area contributed by atoms with Crippen LogP contribution in [-0.4, -0.2) is 32.2 Å². The average Bonchev–Trinajstić information content (AvgIpc) is 2.68. The molecule has 0 saturated heterocycles. The van der Waals surface area contributed by atoms with E-state index in [1.165, 1.54) is 0 Å². The van der Waals surface area contributed by atoms with Crippen molar-refractivity contribution >= 4 is 32.5 Å². The van der Waals surface area contributed by atoms with Gasteiger partial charge in [-0.05, 0) is 61.9 Å². The van der Waals surface area contributed by atoms with Gasteiger partial charge >= 0.3 is 0 Å². The second-order valence-corrected chi connectivity index (χ2v) is 8.44. The molecule has 0 bridgehead atoms. The highest BCUT2D eigenvalue weighted by atomic mass is 32.2. The summed E-state index contributed by atoms with van der Waals surface area (Å²) in [6, 6.07) is 15.0. The Morgan fingerprint density at radius 2 is 1.86 bits per heavy atom. The number of aromatic nitrogens is 1. The van der Waals surface area contributed by atoms with Crippen molar-refractivity contribution in [1.82, 2.24) is 4.98 Å². The van der Waals surface area contributed by atoms with E-state index in [0.29, 0.717) is 18.8 Å². The van der Waals surface area contributed by atoms with Gasteiger partial charge in [-0.3, -0.25) is 9.78 Å². The minimum absolute atomic E-state index is 0.244. The second-order valence-electron chi connectivity index (χ2n) is 6.61. The van der Waals surface area contributed by atoms with E-state index in [1.807, 2.05) is 19.1 Å². The van der Waals surface area contributed by atoms with Gasteiger partial charge in [-0.15, -0.1) is 6.58 Å². The molecule has 0 unspecified atom stereocenters. The van der Waals surface area contributed by atoms with Crippen LogP contribution in [0, 0.1) is 6.92 Å². The van der Waals surface area contributed by atoms with E-state index < -0.39 is 15.9 Å². The van der Waals surface area contributed by atoms with Crippen molar-refractivity contribution in [2.24, 2.45) is 0 Å². The smallest absolute Gasteiger partial charge is 0.272 e. The van der Waals surface area contributed by atoms with Crippen LogP contribution in [0.2, 0.25) is 0 Å². The molecular weight excluding hydrogens is 388 g/mol. The number of pyridine rings is 1. The summed E-state index contributed by atoms with van der Waals surface area (Å²) in [5.74, 6) is -0.0361. The summed E-state index contributed by atoms with van der Waals surface area (Å²) in [6.45, 7) is 5.99. The zero-order valence-electron chi connectivity index (χ0n) is 16.3. The number of rotatable bonds is 7. The third kappa shape index (κ3) is 4.81. The number of fused-ring (bicyclic) bond motifs is 1. The molecule has 0 spiro atoms. The standard InChI is InChI=1S/C22H22N2O4S/c1-4-5-14-28-20-11-8-17(9-12-20)22(25)24(29(3,26)27)19-10-13-21-18(15-19)7-6-16(2)23-21/h4,6-13,15H,1,5,14H2,2-3H3. The summed E-state index contributed by atoms with van der Waals surface area (Å²) in [5, 5.41) is 0.750. The minimum Gasteiger partial charge on any atom is -0.493 e. The molecule has 0 radical (unpaired) electrons. The van der Waals surface area contributed by atoms with Gasteiger partial charge in [0.2, 0.25) is 10.0 Å². The summed E-state index contributed by atoms with van der Waals surface area (Å²) in [6.07, 6.45) is 3.47. The predicted molar refractivity (Wildman–Crippen MR) is 115 cm³/mol. The number of carbonyl (C=O) groups is 1. The first-order valence-electron chi connectivity index (χ1n) is 9.05. The highest BCUT2D eigenvalue weighted by molar-refractivity contribution is 7.92. The average molecular weight is 410 g/mol. The number of carbonyl (C=O) groups excluding carboxylic acids is 1. The van der Waals surface area contributed by atoms with Crippen LogP contribution in [-0.2, 0) is 10.0 Å². The largest absolute Gasteiger partial charge is 0.493 e. The molecule has 0 N–H and O–H groups in total. The van der Waals surface area contributed by atoms with Crippen LogP contribution in [0.3, 0.4) is 0 Å². The van der Waals surface area contributed by atoms with Gasteiger partial charge in [0, 0.05) is 16.6 Å². The van der Waals surface area contributed by atoms with Crippen molar-refractivity contribution in [3.8, 4) is 5.75 Å². The van der Waals surface area contributed by atoms with Crippen LogP contribution < -0.4 is 9.04 Å². The molecule has 150 valence electrons. The maximum absolute atomic E-state index is 13.0. The van der Waals surface area contributed by atoms with Crippen molar-refractivity contribution < 1.29 is 17.9 Å². The molecule has 1 heterocycles. The molecule has 7 heteroatoms. The van der Waals surface area contributed by atoms with E-state index in [1.54, 1.807) is 48.5 Å². The lowest BCUT2D eigenvalue weighted by Crippen LogP contribution is -2.36. The van der Waals surface area contributed by atoms with Gasteiger partial charge in [0.1, 0.15) is 5.75 Å². The van der Waals surface area contributed by atoms with Gasteiger partial charge in [0.25, 0.3) is 5.91 Å². The quantitative estimate of drug-likeness (QED) is 0.433. The molecule has 0 aliphatic heterocycles. The van der Waals surface area contributed by atoms with Gasteiger partial charge in [-0.1, -0.05) is 12.1 Å². The maximum Gasteiger partial charge on any atom is 0.272 e. The molecule has 3 aromatic rings. The SMILES string of the molecule is C=CCCOc1ccc(C(=O)N(c2ccc3nc(C)ccc3c2)S(C)(=O)=O)cc1. The number of ether oxygens (including phenoxy) is 1. The number of hydrogen-bond acceptors (Lipinski definition) is 5. The maximum atomic E-state index is 13.0. The molecule has 0 atom stereocenters. The second kappa shape index (κ2) is 8.45.